The fourth-order valence-corrected chi connectivity index (χ4v) is 0.974. The maximum atomic E-state index is 10.4. The number of carbonyl (C=O) groups is 1. The summed E-state index contributed by atoms with van der Waals surface area (Å²) < 4.78 is 0. The molecule has 0 fully saturated rings. The van der Waals surface area contributed by atoms with Crippen LogP contribution in [0.1, 0.15) is 13.3 Å². The molecule has 1 atom stereocenters. The molecule has 0 spiro atoms. The van der Waals surface area contributed by atoms with Crippen LogP contribution < -0.4 is 10.3 Å². The molecule has 10 heavy (non-hydrogen) atoms. The molecule has 0 amide bonds. The zero-order chi connectivity index (χ0) is 7.56. The van der Waals surface area contributed by atoms with Gasteiger partial charge in [-0.15, -0.1) is 0 Å². The van der Waals surface area contributed by atoms with Gasteiger partial charge >= 0.3 is 5.97 Å². The molecule has 0 unspecified atom stereocenters. The average Bonchev–Trinajstić information content (AvgIpc) is 1.88. The van der Waals surface area contributed by atoms with E-state index in [0.717, 1.165) is 12.4 Å². The summed E-state index contributed by atoms with van der Waals surface area (Å²) >= 11 is 0. The van der Waals surface area contributed by atoms with E-state index in [1.807, 2.05) is 6.92 Å². The standard InChI is InChI=1S/C6H10N2O2/c1-4-7-3-2-5(8-4)6(9)10/h5H,2-3H2,1H3,(H,7,8)(H,9,10)/p+1/t5-/m0/s1. The minimum atomic E-state index is -0.777. The van der Waals surface area contributed by atoms with Crippen LogP contribution in [-0.4, -0.2) is 29.5 Å². The number of nitrogens with one attached hydrogen (secondary N) is 2. The van der Waals surface area contributed by atoms with Gasteiger partial charge in [0, 0.05) is 13.3 Å². The number of amidine groups is 1. The summed E-state index contributed by atoms with van der Waals surface area (Å²) in [6.45, 7) is 2.57. The maximum absolute atomic E-state index is 10.4. The average molecular weight is 143 g/mol. The molecule has 0 aliphatic carbocycles. The number of carboxylic acids is 1. The van der Waals surface area contributed by atoms with Crippen LogP contribution in [0.5, 0.6) is 0 Å². The van der Waals surface area contributed by atoms with E-state index in [1.165, 1.54) is 0 Å². The number of aliphatic carboxylic acids is 1. The molecule has 0 aromatic carbocycles. The SMILES string of the molecule is CC1=[NH+]CC[C@@H](C(=O)O)N1. The topological polar surface area (TPSA) is 63.3 Å². The van der Waals surface area contributed by atoms with Gasteiger partial charge in [0.05, 0.1) is 6.54 Å². The van der Waals surface area contributed by atoms with Crippen LogP contribution in [-0.2, 0) is 4.79 Å². The van der Waals surface area contributed by atoms with Crippen molar-refractivity contribution in [2.45, 2.75) is 19.4 Å². The first kappa shape index (κ1) is 7.05. The highest BCUT2D eigenvalue weighted by atomic mass is 16.4. The van der Waals surface area contributed by atoms with Crippen LogP contribution in [0.25, 0.3) is 0 Å². The first-order chi connectivity index (χ1) is 4.70. The minimum absolute atomic E-state index is 0.402. The number of carboxylic acid groups (broad SMARTS) is 1. The summed E-state index contributed by atoms with van der Waals surface area (Å²) in [6, 6.07) is -0.402. The fraction of sp³-hybridized carbons (Fsp3) is 0.667. The highest BCUT2D eigenvalue weighted by molar-refractivity contribution is 5.82. The predicted octanol–water partition coefficient (Wildman–Crippen LogP) is -2.07. The molecule has 1 rings (SSSR count). The fourth-order valence-electron chi connectivity index (χ4n) is 0.974. The molecule has 1 aliphatic rings. The number of hydrogen-bond acceptors (Lipinski definition) is 2. The third-order valence-corrected chi connectivity index (χ3v) is 1.51. The molecule has 0 bridgehead atoms. The molecule has 4 heteroatoms. The van der Waals surface area contributed by atoms with Crippen LogP contribution in [0.15, 0.2) is 0 Å². The van der Waals surface area contributed by atoms with E-state index < -0.39 is 12.0 Å². The van der Waals surface area contributed by atoms with Crippen LogP contribution >= 0.6 is 0 Å². The molecule has 4 nitrogen and oxygen atoms in total. The lowest BCUT2D eigenvalue weighted by atomic mass is 10.2. The molecular weight excluding hydrogens is 132 g/mol. The highest BCUT2D eigenvalue weighted by Gasteiger charge is 2.24. The predicted molar refractivity (Wildman–Crippen MR) is 35.7 cm³/mol. The molecule has 0 aromatic heterocycles. The lowest BCUT2D eigenvalue weighted by Crippen LogP contribution is -2.80. The third-order valence-electron chi connectivity index (χ3n) is 1.51. The van der Waals surface area contributed by atoms with E-state index in [4.69, 9.17) is 5.11 Å². The quantitative estimate of drug-likeness (QED) is 0.395. The first-order valence-electron chi connectivity index (χ1n) is 3.27. The summed E-state index contributed by atoms with van der Waals surface area (Å²) in [7, 11) is 0. The smallest absolute Gasteiger partial charge is 0.348 e. The Hall–Kier alpha value is -1.06. The van der Waals surface area contributed by atoms with Gasteiger partial charge in [-0.3, -0.25) is 10.3 Å². The Morgan fingerprint density at radius 2 is 2.60 bits per heavy atom. The second kappa shape index (κ2) is 2.68. The first-order valence-corrected chi connectivity index (χ1v) is 3.27. The molecule has 0 saturated carbocycles. The van der Waals surface area contributed by atoms with Gasteiger partial charge in [-0.2, -0.15) is 0 Å². The molecule has 1 aliphatic heterocycles. The van der Waals surface area contributed by atoms with Crippen molar-refractivity contribution < 1.29 is 14.9 Å². The van der Waals surface area contributed by atoms with Crippen molar-refractivity contribution >= 4 is 11.8 Å². The minimum Gasteiger partial charge on any atom is -0.478 e. The Morgan fingerprint density at radius 3 is 3.00 bits per heavy atom. The Kier molecular flexibility index (Phi) is 1.89. The molecule has 0 aromatic rings. The van der Waals surface area contributed by atoms with Crippen LogP contribution in [0.4, 0.5) is 0 Å². The van der Waals surface area contributed by atoms with Crippen molar-refractivity contribution in [1.82, 2.24) is 5.32 Å². The van der Waals surface area contributed by atoms with Crippen LogP contribution in [0.2, 0.25) is 0 Å². The monoisotopic (exact) mass is 143 g/mol. The summed E-state index contributed by atoms with van der Waals surface area (Å²) in [4.78, 5) is 13.4. The van der Waals surface area contributed by atoms with Crippen LogP contribution in [0.3, 0.4) is 0 Å². The Labute approximate surface area is 59.0 Å². The summed E-state index contributed by atoms with van der Waals surface area (Å²) in [5.41, 5.74) is 0. The van der Waals surface area contributed by atoms with Crippen molar-refractivity contribution in [1.29, 1.82) is 0 Å². The zero-order valence-electron chi connectivity index (χ0n) is 5.85. The second-order valence-corrected chi connectivity index (χ2v) is 2.38. The Morgan fingerprint density at radius 1 is 1.90 bits per heavy atom. The zero-order valence-corrected chi connectivity index (χ0v) is 5.85. The van der Waals surface area contributed by atoms with Gasteiger partial charge < -0.3 is 5.11 Å². The van der Waals surface area contributed by atoms with E-state index in [2.05, 4.69) is 10.3 Å². The van der Waals surface area contributed by atoms with E-state index in [9.17, 15) is 4.79 Å². The van der Waals surface area contributed by atoms with Gasteiger partial charge in [-0.25, -0.2) is 4.79 Å². The number of rotatable bonds is 1. The van der Waals surface area contributed by atoms with Gasteiger partial charge in [0.2, 0.25) is 5.84 Å². The summed E-state index contributed by atoms with van der Waals surface area (Å²) in [6.07, 6.45) is 0.646. The molecule has 3 N–H and O–H groups in total. The van der Waals surface area contributed by atoms with Crippen LogP contribution in [0, 0.1) is 0 Å². The molecule has 0 radical (unpaired) electrons. The largest absolute Gasteiger partial charge is 0.478 e. The summed E-state index contributed by atoms with van der Waals surface area (Å²) in [5, 5.41) is 11.4. The van der Waals surface area contributed by atoms with Crippen molar-refractivity contribution in [3.8, 4) is 0 Å². The van der Waals surface area contributed by atoms with E-state index in [-0.39, 0.29) is 0 Å². The van der Waals surface area contributed by atoms with Crippen molar-refractivity contribution in [2.75, 3.05) is 6.54 Å². The van der Waals surface area contributed by atoms with Gasteiger partial charge in [-0.1, -0.05) is 0 Å². The van der Waals surface area contributed by atoms with Crippen molar-refractivity contribution in [3.05, 3.63) is 0 Å². The van der Waals surface area contributed by atoms with E-state index in [0.29, 0.717) is 6.42 Å². The van der Waals surface area contributed by atoms with Gasteiger partial charge in [0.15, 0.2) is 6.04 Å². The van der Waals surface area contributed by atoms with Crippen molar-refractivity contribution in [3.63, 3.8) is 0 Å². The highest BCUT2D eigenvalue weighted by Crippen LogP contribution is 1.90. The number of hydrogen-bond donors (Lipinski definition) is 3. The Balaban J connectivity index is 2.53. The second-order valence-electron chi connectivity index (χ2n) is 2.38. The lowest BCUT2D eigenvalue weighted by molar-refractivity contribution is -0.466. The normalized spacial score (nSPS) is 24.9. The Bertz CT molecular complexity index is 177. The third kappa shape index (κ3) is 1.46. The van der Waals surface area contributed by atoms with Crippen molar-refractivity contribution in [2.24, 2.45) is 0 Å². The lowest BCUT2D eigenvalue weighted by Gasteiger charge is -2.12. The molecule has 1 heterocycles. The summed E-state index contributed by atoms with van der Waals surface area (Å²) in [5.74, 6) is 0.0690. The van der Waals surface area contributed by atoms with Gasteiger partial charge in [0.1, 0.15) is 0 Å². The van der Waals surface area contributed by atoms with E-state index >= 15 is 0 Å². The van der Waals surface area contributed by atoms with E-state index in [1.54, 1.807) is 0 Å². The van der Waals surface area contributed by atoms with Gasteiger partial charge in [0.25, 0.3) is 0 Å². The molecular formula is C6H11N2O2+. The molecule has 0 saturated heterocycles. The molecule has 56 valence electrons. The van der Waals surface area contributed by atoms with Gasteiger partial charge in [-0.05, 0) is 0 Å². The maximum Gasteiger partial charge on any atom is 0.348 e.